The maximum absolute atomic E-state index is 12.5. The van der Waals surface area contributed by atoms with E-state index < -0.39 is 17.5 Å². The van der Waals surface area contributed by atoms with Gasteiger partial charge in [0.15, 0.2) is 5.41 Å². The number of carbonyl (C=O) groups is 1. The number of ether oxygens (including phenoxy) is 1. The summed E-state index contributed by atoms with van der Waals surface area (Å²) >= 11 is 0. The molecule has 5 heteroatoms. The van der Waals surface area contributed by atoms with E-state index in [2.05, 4.69) is 17.5 Å². The van der Waals surface area contributed by atoms with E-state index in [9.17, 15) is 15.3 Å². The molecular formula is C20H23N3O2. The van der Waals surface area contributed by atoms with Crippen molar-refractivity contribution in [2.24, 2.45) is 17.3 Å². The molecule has 0 amide bonds. The minimum Gasteiger partial charge on any atom is -0.468 e. The molecule has 1 saturated heterocycles. The van der Waals surface area contributed by atoms with Gasteiger partial charge in [-0.15, -0.1) is 0 Å². The number of hydrogen-bond donors (Lipinski definition) is 1. The van der Waals surface area contributed by atoms with E-state index in [1.54, 1.807) is 0 Å². The molecular weight excluding hydrogens is 314 g/mol. The molecule has 3 unspecified atom stereocenters. The lowest BCUT2D eigenvalue weighted by atomic mass is 9.63. The second-order valence-corrected chi connectivity index (χ2v) is 7.03. The monoisotopic (exact) mass is 337 g/mol. The van der Waals surface area contributed by atoms with Crippen LogP contribution in [0.5, 0.6) is 0 Å². The van der Waals surface area contributed by atoms with Gasteiger partial charge in [0.2, 0.25) is 0 Å². The minimum atomic E-state index is -1.28. The van der Waals surface area contributed by atoms with Crippen molar-refractivity contribution in [2.45, 2.75) is 44.2 Å². The van der Waals surface area contributed by atoms with Crippen LogP contribution in [0.2, 0.25) is 0 Å². The molecule has 0 spiro atoms. The number of methoxy groups -OCH3 is 1. The Bertz CT molecular complexity index is 684. The molecule has 5 nitrogen and oxygen atoms in total. The number of nitriles is 2. The number of nitrogens with zero attached hydrogens (tertiary/aromatic N) is 2. The molecule has 1 saturated carbocycles. The van der Waals surface area contributed by atoms with Crippen molar-refractivity contribution in [1.82, 2.24) is 5.32 Å². The highest BCUT2D eigenvalue weighted by Crippen LogP contribution is 2.53. The Kier molecular flexibility index (Phi) is 5.06. The first-order chi connectivity index (χ1) is 12.2. The van der Waals surface area contributed by atoms with Gasteiger partial charge in [-0.05, 0) is 11.5 Å². The van der Waals surface area contributed by atoms with Crippen molar-refractivity contribution in [1.29, 1.82) is 10.5 Å². The Balaban J connectivity index is 2.08. The zero-order valence-electron chi connectivity index (χ0n) is 14.4. The van der Waals surface area contributed by atoms with Crippen LogP contribution >= 0.6 is 0 Å². The highest BCUT2D eigenvalue weighted by Gasteiger charge is 2.61. The molecule has 1 aliphatic carbocycles. The maximum Gasteiger partial charge on any atom is 0.323 e. The number of esters is 1. The van der Waals surface area contributed by atoms with Gasteiger partial charge in [0.1, 0.15) is 6.04 Å². The van der Waals surface area contributed by atoms with Crippen molar-refractivity contribution in [3.63, 3.8) is 0 Å². The first-order valence-electron chi connectivity index (χ1n) is 8.89. The summed E-state index contributed by atoms with van der Waals surface area (Å²) in [4.78, 5) is 12.5. The van der Waals surface area contributed by atoms with Crippen molar-refractivity contribution in [3.8, 4) is 12.1 Å². The van der Waals surface area contributed by atoms with Gasteiger partial charge in [-0.3, -0.25) is 10.1 Å². The molecule has 0 aromatic heterocycles. The van der Waals surface area contributed by atoms with Gasteiger partial charge in [0, 0.05) is 5.92 Å². The molecule has 25 heavy (non-hydrogen) atoms. The predicted molar refractivity (Wildman–Crippen MR) is 91.8 cm³/mol. The molecule has 2 aliphatic rings. The van der Waals surface area contributed by atoms with Crippen LogP contribution in [0.25, 0.3) is 0 Å². The van der Waals surface area contributed by atoms with Gasteiger partial charge in [-0.1, -0.05) is 62.4 Å². The van der Waals surface area contributed by atoms with E-state index in [1.165, 1.54) is 13.5 Å². The summed E-state index contributed by atoms with van der Waals surface area (Å²) in [6.45, 7) is 0. The van der Waals surface area contributed by atoms with Gasteiger partial charge >= 0.3 is 5.97 Å². The number of benzene rings is 1. The Hall–Kier alpha value is -2.37. The van der Waals surface area contributed by atoms with E-state index >= 15 is 0 Å². The third kappa shape index (κ3) is 2.90. The van der Waals surface area contributed by atoms with Gasteiger partial charge in [-0.2, -0.15) is 10.5 Å². The number of hydrogen-bond acceptors (Lipinski definition) is 5. The van der Waals surface area contributed by atoms with Crippen LogP contribution in [-0.2, 0) is 9.53 Å². The Labute approximate surface area is 148 Å². The number of rotatable bonds is 3. The van der Waals surface area contributed by atoms with E-state index in [1.807, 2.05) is 30.3 Å². The molecule has 1 heterocycles. The summed E-state index contributed by atoms with van der Waals surface area (Å²) in [6.07, 6.45) is 5.24. The Morgan fingerprint density at radius 1 is 1.16 bits per heavy atom. The van der Waals surface area contributed by atoms with Gasteiger partial charge < -0.3 is 4.74 Å². The van der Waals surface area contributed by atoms with Gasteiger partial charge in [0.25, 0.3) is 0 Å². The molecule has 1 aromatic rings. The topological polar surface area (TPSA) is 85.9 Å². The zero-order chi connectivity index (χ0) is 17.9. The SMILES string of the molecule is COC(=O)C1NC(c2ccccc2)C(C#N)(C#N)C1C1CCCCC1. The van der Waals surface area contributed by atoms with Crippen molar-refractivity contribution in [2.75, 3.05) is 7.11 Å². The summed E-state index contributed by atoms with van der Waals surface area (Å²) in [5.41, 5.74) is -0.416. The van der Waals surface area contributed by atoms with Crippen LogP contribution in [-0.4, -0.2) is 19.1 Å². The average Bonchev–Trinajstić information content (AvgIpc) is 3.04. The fourth-order valence-electron chi connectivity index (χ4n) is 4.66. The fraction of sp³-hybridized carbons (Fsp3) is 0.550. The van der Waals surface area contributed by atoms with Crippen LogP contribution in [0.3, 0.4) is 0 Å². The lowest BCUT2D eigenvalue weighted by Crippen LogP contribution is -2.42. The van der Waals surface area contributed by atoms with Crippen LogP contribution in [0.15, 0.2) is 30.3 Å². The normalized spacial score (nSPS) is 28.7. The quantitative estimate of drug-likeness (QED) is 0.857. The molecule has 3 atom stereocenters. The summed E-state index contributed by atoms with van der Waals surface area (Å²) < 4.78 is 5.00. The molecule has 2 fully saturated rings. The lowest BCUT2D eigenvalue weighted by molar-refractivity contribution is -0.144. The molecule has 1 aromatic carbocycles. The summed E-state index contributed by atoms with van der Waals surface area (Å²) in [7, 11) is 1.36. The van der Waals surface area contributed by atoms with Crippen LogP contribution in [0, 0.1) is 39.9 Å². The highest BCUT2D eigenvalue weighted by atomic mass is 16.5. The van der Waals surface area contributed by atoms with Gasteiger partial charge in [0.05, 0.1) is 25.3 Å². The second kappa shape index (κ2) is 7.25. The summed E-state index contributed by atoms with van der Waals surface area (Å²) in [5, 5.41) is 23.4. The van der Waals surface area contributed by atoms with Crippen LogP contribution < -0.4 is 5.32 Å². The molecule has 1 aliphatic heterocycles. The van der Waals surface area contributed by atoms with Crippen molar-refractivity contribution >= 4 is 5.97 Å². The summed E-state index contributed by atoms with van der Waals surface area (Å²) in [6, 6.07) is 12.9. The molecule has 130 valence electrons. The smallest absolute Gasteiger partial charge is 0.323 e. The number of nitrogens with one attached hydrogen (secondary N) is 1. The van der Waals surface area contributed by atoms with E-state index in [4.69, 9.17) is 4.74 Å². The largest absolute Gasteiger partial charge is 0.468 e. The van der Waals surface area contributed by atoms with Gasteiger partial charge in [-0.25, -0.2) is 0 Å². The highest BCUT2D eigenvalue weighted by molar-refractivity contribution is 5.77. The van der Waals surface area contributed by atoms with E-state index in [0.29, 0.717) is 0 Å². The third-order valence-corrected chi connectivity index (χ3v) is 5.80. The Morgan fingerprint density at radius 3 is 2.36 bits per heavy atom. The predicted octanol–water partition coefficient (Wildman–Crippen LogP) is 3.10. The molecule has 0 bridgehead atoms. The van der Waals surface area contributed by atoms with Crippen LogP contribution in [0.4, 0.5) is 0 Å². The van der Waals surface area contributed by atoms with Crippen LogP contribution in [0.1, 0.15) is 43.7 Å². The minimum absolute atomic E-state index is 0.179. The maximum atomic E-state index is 12.5. The Morgan fingerprint density at radius 2 is 1.80 bits per heavy atom. The first-order valence-corrected chi connectivity index (χ1v) is 8.89. The lowest BCUT2D eigenvalue weighted by Gasteiger charge is -2.35. The molecule has 0 radical (unpaired) electrons. The average molecular weight is 337 g/mol. The number of carbonyl (C=O) groups excluding carboxylic acids is 1. The molecule has 3 rings (SSSR count). The third-order valence-electron chi connectivity index (χ3n) is 5.80. The zero-order valence-corrected chi connectivity index (χ0v) is 14.4. The van der Waals surface area contributed by atoms with E-state index in [0.717, 1.165) is 31.2 Å². The van der Waals surface area contributed by atoms with Crippen molar-refractivity contribution in [3.05, 3.63) is 35.9 Å². The second-order valence-electron chi connectivity index (χ2n) is 7.03. The fourth-order valence-corrected chi connectivity index (χ4v) is 4.66. The molecule has 1 N–H and O–H groups in total. The standard InChI is InChI=1S/C20H23N3O2/c1-25-19(24)17-16(14-8-4-2-5-9-14)20(12-21,13-22)18(23-17)15-10-6-3-7-11-15/h3,6-7,10-11,14,16-18,23H,2,4-5,8-9H2,1H3. The van der Waals surface area contributed by atoms with Crippen molar-refractivity contribution < 1.29 is 9.53 Å². The first kappa shape index (κ1) is 17.5. The summed E-state index contributed by atoms with van der Waals surface area (Å²) in [5.74, 6) is -0.567. The van der Waals surface area contributed by atoms with E-state index in [-0.39, 0.29) is 17.8 Å².